The van der Waals surface area contributed by atoms with E-state index >= 15 is 0 Å². The number of amides is 1. The highest BCUT2D eigenvalue weighted by Crippen LogP contribution is 2.27. The molecule has 7 heteroatoms. The van der Waals surface area contributed by atoms with Crippen molar-refractivity contribution in [2.45, 2.75) is 32.4 Å². The van der Waals surface area contributed by atoms with Gasteiger partial charge in [0.2, 0.25) is 5.91 Å². The molecule has 0 spiro atoms. The van der Waals surface area contributed by atoms with Crippen LogP contribution in [0.5, 0.6) is 0 Å². The minimum atomic E-state index is -0.484. The Morgan fingerprint density at radius 2 is 1.89 bits per heavy atom. The molecule has 1 aliphatic carbocycles. The summed E-state index contributed by atoms with van der Waals surface area (Å²) in [5.74, 6) is -0.285. The average Bonchev–Trinajstić information content (AvgIpc) is 2.63. The fourth-order valence-corrected chi connectivity index (χ4v) is 2.94. The van der Waals surface area contributed by atoms with E-state index in [1.54, 1.807) is 7.05 Å². The largest absolute Gasteiger partial charge is 0.352 e. The predicted octanol–water partition coefficient (Wildman–Crippen LogP) is 3.57. The van der Waals surface area contributed by atoms with E-state index in [2.05, 4.69) is 20.9 Å². The summed E-state index contributed by atoms with van der Waals surface area (Å²) in [5.41, 5.74) is 1.95. The Morgan fingerprint density at radius 1 is 1.11 bits per heavy atom. The van der Waals surface area contributed by atoms with Crippen molar-refractivity contribution in [2.24, 2.45) is 10.9 Å². The normalized spacial score (nSPS) is 14.3. The fourth-order valence-electron chi connectivity index (χ4n) is 2.94. The Morgan fingerprint density at radius 3 is 2.61 bits per heavy atom. The van der Waals surface area contributed by atoms with Crippen LogP contribution in [0.25, 0.3) is 0 Å². The zero-order valence-electron chi connectivity index (χ0n) is 15.8. The molecule has 28 heavy (non-hydrogen) atoms. The highest BCUT2D eigenvalue weighted by molar-refractivity contribution is 5.93. The molecule has 2 aromatic carbocycles. The zero-order chi connectivity index (χ0) is 19.9. The smallest absolute Gasteiger partial charge is 0.227 e. The van der Waals surface area contributed by atoms with Crippen molar-refractivity contribution >= 4 is 17.6 Å². The lowest BCUT2D eigenvalue weighted by Gasteiger charge is -2.24. The molecule has 1 aliphatic rings. The van der Waals surface area contributed by atoms with Crippen molar-refractivity contribution < 1.29 is 13.6 Å². The molecular formula is C21H24F2N4O. The van der Waals surface area contributed by atoms with Crippen molar-refractivity contribution in [3.05, 3.63) is 65.2 Å². The molecule has 0 aromatic heterocycles. The lowest BCUT2D eigenvalue weighted by Crippen LogP contribution is -2.36. The fraction of sp³-hybridized carbons (Fsp3) is 0.333. The van der Waals surface area contributed by atoms with Crippen molar-refractivity contribution in [3.63, 3.8) is 0 Å². The van der Waals surface area contributed by atoms with E-state index in [4.69, 9.17) is 0 Å². The van der Waals surface area contributed by atoms with Gasteiger partial charge in [0.15, 0.2) is 5.96 Å². The second-order valence-electron chi connectivity index (χ2n) is 6.83. The summed E-state index contributed by atoms with van der Waals surface area (Å²) < 4.78 is 27.0. The first-order valence-corrected chi connectivity index (χ1v) is 9.33. The average molecular weight is 386 g/mol. The molecule has 0 heterocycles. The minimum absolute atomic E-state index is 0.0750. The topological polar surface area (TPSA) is 65.5 Å². The Kier molecular flexibility index (Phi) is 6.57. The van der Waals surface area contributed by atoms with Gasteiger partial charge in [-0.15, -0.1) is 0 Å². The molecule has 148 valence electrons. The van der Waals surface area contributed by atoms with Crippen molar-refractivity contribution in [2.75, 3.05) is 12.4 Å². The summed E-state index contributed by atoms with van der Waals surface area (Å²) >= 11 is 0. The number of guanidine groups is 1. The molecule has 2 aromatic rings. The summed E-state index contributed by atoms with van der Waals surface area (Å²) in [5, 5.41) is 9.04. The number of nitrogens with one attached hydrogen (secondary N) is 3. The molecule has 3 N–H and O–H groups in total. The van der Waals surface area contributed by atoms with Crippen LogP contribution in [0.1, 0.15) is 30.4 Å². The number of nitrogens with zero attached hydrogens (tertiary/aromatic N) is 1. The van der Waals surface area contributed by atoms with Gasteiger partial charge >= 0.3 is 0 Å². The maximum absolute atomic E-state index is 13.7. The molecule has 1 saturated carbocycles. The first kappa shape index (κ1) is 19.8. The molecule has 5 nitrogen and oxygen atoms in total. The van der Waals surface area contributed by atoms with Gasteiger partial charge < -0.3 is 16.0 Å². The van der Waals surface area contributed by atoms with Crippen LogP contribution >= 0.6 is 0 Å². The van der Waals surface area contributed by atoms with Crippen LogP contribution in [0.2, 0.25) is 0 Å². The van der Waals surface area contributed by atoms with E-state index in [-0.39, 0.29) is 23.9 Å². The number of hydrogen-bond acceptors (Lipinski definition) is 2. The molecule has 1 fully saturated rings. The lowest BCUT2D eigenvalue weighted by molar-refractivity contribution is -0.122. The number of halogens is 2. The number of carbonyl (C=O) groups excluding carboxylic acids is 1. The zero-order valence-corrected chi connectivity index (χ0v) is 15.8. The van der Waals surface area contributed by atoms with Crippen LogP contribution in [-0.4, -0.2) is 18.9 Å². The molecule has 1 amide bonds. The van der Waals surface area contributed by atoms with E-state index < -0.39 is 11.6 Å². The lowest BCUT2D eigenvalue weighted by atomic mass is 9.85. The van der Waals surface area contributed by atoms with Gasteiger partial charge in [-0.3, -0.25) is 9.79 Å². The van der Waals surface area contributed by atoms with E-state index in [1.807, 2.05) is 24.3 Å². The molecule has 0 atom stereocenters. The minimum Gasteiger partial charge on any atom is -0.352 e. The summed E-state index contributed by atoms with van der Waals surface area (Å²) in [7, 11) is 1.60. The molecule has 0 saturated heterocycles. The number of hydrogen-bond donors (Lipinski definition) is 3. The van der Waals surface area contributed by atoms with Gasteiger partial charge in [-0.25, -0.2) is 8.78 Å². The van der Waals surface area contributed by atoms with Gasteiger partial charge in [-0.2, -0.15) is 0 Å². The van der Waals surface area contributed by atoms with E-state index in [0.29, 0.717) is 12.5 Å². The molecule has 0 aliphatic heterocycles. The molecule has 0 radical (unpaired) electrons. The number of anilines is 1. The highest BCUT2D eigenvalue weighted by atomic mass is 19.1. The van der Waals surface area contributed by atoms with Crippen LogP contribution in [0, 0.1) is 17.6 Å². The summed E-state index contributed by atoms with van der Waals surface area (Å²) in [6.07, 6.45) is 3.04. The Hall–Kier alpha value is -2.96. The van der Waals surface area contributed by atoms with Gasteiger partial charge in [0.1, 0.15) is 11.6 Å². The van der Waals surface area contributed by atoms with Crippen molar-refractivity contribution in [1.82, 2.24) is 10.6 Å². The Bertz CT molecular complexity index is 865. The maximum Gasteiger partial charge on any atom is 0.227 e. The Balaban J connectivity index is 1.52. The summed E-state index contributed by atoms with van der Waals surface area (Å²) in [6.45, 7) is 0.583. The van der Waals surface area contributed by atoms with Gasteiger partial charge in [-0.1, -0.05) is 18.6 Å². The van der Waals surface area contributed by atoms with E-state index in [0.717, 1.165) is 48.7 Å². The molecular weight excluding hydrogens is 362 g/mol. The second kappa shape index (κ2) is 9.30. The number of carbonyl (C=O) groups is 1. The van der Waals surface area contributed by atoms with E-state index in [1.165, 1.54) is 0 Å². The second-order valence-corrected chi connectivity index (χ2v) is 6.83. The van der Waals surface area contributed by atoms with Crippen LogP contribution in [0.4, 0.5) is 14.5 Å². The SMILES string of the molecule is CN=C(NCc1cccc(NC(=O)C2CCC2)c1)NCc1cc(F)ccc1F. The number of aliphatic imine (C=N–C) groups is 1. The van der Waals surface area contributed by atoms with Crippen molar-refractivity contribution in [3.8, 4) is 0 Å². The quantitative estimate of drug-likeness (QED) is 0.525. The third-order valence-electron chi connectivity index (χ3n) is 4.81. The third-order valence-corrected chi connectivity index (χ3v) is 4.81. The highest BCUT2D eigenvalue weighted by Gasteiger charge is 2.25. The van der Waals surface area contributed by atoms with Crippen molar-refractivity contribution in [1.29, 1.82) is 0 Å². The molecule has 0 bridgehead atoms. The summed E-state index contributed by atoms with van der Waals surface area (Å²) in [4.78, 5) is 16.2. The standard InChI is InChI=1S/C21H24F2N4O/c1-24-21(26-13-16-11-17(22)8-9-19(16)23)25-12-14-4-2-7-18(10-14)27-20(28)15-5-3-6-15/h2,4,7-11,15H,3,5-6,12-13H2,1H3,(H,27,28)(H2,24,25,26). The van der Waals surface area contributed by atoms with Crippen LogP contribution in [0.15, 0.2) is 47.5 Å². The Labute approximate surface area is 163 Å². The van der Waals surface area contributed by atoms with Gasteiger partial charge in [0, 0.05) is 37.3 Å². The van der Waals surface area contributed by atoms with Crippen LogP contribution in [-0.2, 0) is 17.9 Å². The van der Waals surface area contributed by atoms with Crippen LogP contribution < -0.4 is 16.0 Å². The number of benzene rings is 2. The first-order chi connectivity index (χ1) is 13.5. The van der Waals surface area contributed by atoms with Gasteiger partial charge in [0.05, 0.1) is 0 Å². The van der Waals surface area contributed by atoms with E-state index in [9.17, 15) is 13.6 Å². The molecule has 3 rings (SSSR count). The third kappa shape index (κ3) is 5.28. The van der Waals surface area contributed by atoms with Crippen LogP contribution in [0.3, 0.4) is 0 Å². The first-order valence-electron chi connectivity index (χ1n) is 9.33. The summed E-state index contributed by atoms with van der Waals surface area (Å²) in [6, 6.07) is 10.9. The predicted molar refractivity (Wildman–Crippen MR) is 106 cm³/mol. The maximum atomic E-state index is 13.7. The molecule has 0 unspecified atom stereocenters. The monoisotopic (exact) mass is 386 g/mol. The number of rotatable bonds is 6. The van der Waals surface area contributed by atoms with Gasteiger partial charge in [-0.05, 0) is 48.7 Å². The van der Waals surface area contributed by atoms with Gasteiger partial charge in [0.25, 0.3) is 0 Å².